The lowest BCUT2D eigenvalue weighted by Crippen LogP contribution is -1.67. The maximum atomic E-state index is 2.21. The summed E-state index contributed by atoms with van der Waals surface area (Å²) in [6.45, 7) is 14.1. The van der Waals surface area contributed by atoms with Crippen LogP contribution in [-0.2, 0) is 0 Å². The number of aryl methyl sites for hydroxylation is 1. The monoisotopic (exact) mass is 238 g/mol. The smallest absolute Gasteiger partial charge is 0.0342 e. The number of fused-ring (bicyclic) bond motifs is 1. The van der Waals surface area contributed by atoms with E-state index in [1.54, 1.807) is 11.3 Å². The fourth-order valence-electron chi connectivity index (χ4n) is 1.09. The molecule has 2 aromatic rings. The lowest BCUT2D eigenvalue weighted by atomic mass is 10.2. The highest BCUT2D eigenvalue weighted by Gasteiger charge is 1.91. The van der Waals surface area contributed by atoms with Crippen LogP contribution in [0.5, 0.6) is 0 Å². The highest BCUT2D eigenvalue weighted by molar-refractivity contribution is 7.17. The molecule has 2 rings (SSSR count). The van der Waals surface area contributed by atoms with Crippen molar-refractivity contribution in [3.05, 3.63) is 35.2 Å². The van der Waals surface area contributed by atoms with Crippen LogP contribution in [-0.4, -0.2) is 0 Å². The van der Waals surface area contributed by atoms with Crippen LogP contribution in [0.2, 0.25) is 0 Å². The summed E-state index contributed by atoms with van der Waals surface area (Å²) in [5.74, 6) is 0. The van der Waals surface area contributed by atoms with Crippen LogP contribution < -0.4 is 0 Å². The summed E-state index contributed by atoms with van der Waals surface area (Å²) >= 11 is 1.80. The number of hydrogen-bond donors (Lipinski definition) is 0. The highest BCUT2D eigenvalue weighted by Crippen LogP contribution is 2.20. The van der Waals surface area contributed by atoms with Gasteiger partial charge >= 0.3 is 0 Å². The fraction of sp³-hybridized carbons (Fsp3) is 0.467. The van der Waals surface area contributed by atoms with Gasteiger partial charge in [-0.3, -0.25) is 0 Å². The van der Waals surface area contributed by atoms with Gasteiger partial charge in [-0.05, 0) is 29.8 Å². The summed E-state index contributed by atoms with van der Waals surface area (Å²) in [7, 11) is 0. The molecule has 0 saturated carbocycles. The van der Waals surface area contributed by atoms with Crippen molar-refractivity contribution in [1.82, 2.24) is 0 Å². The lowest BCUT2D eigenvalue weighted by Gasteiger charge is -1.89. The summed E-state index contributed by atoms with van der Waals surface area (Å²) in [4.78, 5) is 0. The SMILES string of the molecule is CC.CC.CC.Cc1ccc2sccc2c1. The first kappa shape index (κ1) is 17.6. The van der Waals surface area contributed by atoms with Crippen LogP contribution in [0, 0.1) is 6.92 Å². The van der Waals surface area contributed by atoms with E-state index in [2.05, 4.69) is 36.6 Å². The molecule has 0 spiro atoms. The van der Waals surface area contributed by atoms with Gasteiger partial charge in [-0.1, -0.05) is 59.2 Å². The topological polar surface area (TPSA) is 0 Å². The summed E-state index contributed by atoms with van der Waals surface area (Å²) in [6.07, 6.45) is 0. The van der Waals surface area contributed by atoms with E-state index in [0.29, 0.717) is 0 Å². The molecular weight excluding hydrogens is 212 g/mol. The van der Waals surface area contributed by atoms with E-state index in [1.165, 1.54) is 15.6 Å². The molecule has 16 heavy (non-hydrogen) atoms. The average Bonchev–Trinajstić information content (AvgIpc) is 2.84. The first-order valence-corrected chi connectivity index (χ1v) is 7.18. The molecule has 0 aliphatic rings. The third-order valence-corrected chi connectivity index (χ3v) is 2.51. The predicted molar refractivity (Wildman–Crippen MR) is 80.6 cm³/mol. The highest BCUT2D eigenvalue weighted by atomic mass is 32.1. The van der Waals surface area contributed by atoms with Crippen LogP contribution in [0.4, 0.5) is 0 Å². The molecule has 0 radical (unpaired) electrons. The van der Waals surface area contributed by atoms with Gasteiger partial charge in [0, 0.05) is 4.70 Å². The molecule has 0 atom stereocenters. The van der Waals surface area contributed by atoms with Crippen LogP contribution in [0.3, 0.4) is 0 Å². The number of benzene rings is 1. The van der Waals surface area contributed by atoms with Gasteiger partial charge in [0.1, 0.15) is 0 Å². The Hall–Kier alpha value is -0.820. The van der Waals surface area contributed by atoms with Gasteiger partial charge in [0.25, 0.3) is 0 Å². The zero-order chi connectivity index (χ0) is 13.0. The molecule has 0 N–H and O–H groups in total. The number of hydrogen-bond acceptors (Lipinski definition) is 1. The summed E-state index contributed by atoms with van der Waals surface area (Å²) in [5.41, 5.74) is 1.34. The molecule has 1 aromatic carbocycles. The van der Waals surface area contributed by atoms with E-state index in [4.69, 9.17) is 0 Å². The van der Waals surface area contributed by atoms with Crippen LogP contribution in [0.1, 0.15) is 47.1 Å². The van der Waals surface area contributed by atoms with Gasteiger partial charge in [-0.15, -0.1) is 11.3 Å². The van der Waals surface area contributed by atoms with E-state index < -0.39 is 0 Å². The van der Waals surface area contributed by atoms with Gasteiger partial charge < -0.3 is 0 Å². The molecule has 0 bridgehead atoms. The molecule has 0 aliphatic carbocycles. The van der Waals surface area contributed by atoms with Crippen molar-refractivity contribution in [2.24, 2.45) is 0 Å². The maximum absolute atomic E-state index is 2.21. The fourth-order valence-corrected chi connectivity index (χ4v) is 1.86. The first-order valence-electron chi connectivity index (χ1n) is 6.30. The quantitative estimate of drug-likeness (QED) is 0.506. The maximum Gasteiger partial charge on any atom is 0.0342 e. The molecule has 0 aliphatic heterocycles. The Kier molecular flexibility index (Phi) is 13.5. The molecule has 0 unspecified atom stereocenters. The predicted octanol–water partition coefficient (Wildman–Crippen LogP) is 6.29. The zero-order valence-corrected chi connectivity index (χ0v) is 12.6. The Balaban J connectivity index is 0. The van der Waals surface area contributed by atoms with Crippen molar-refractivity contribution < 1.29 is 0 Å². The van der Waals surface area contributed by atoms with Gasteiger partial charge in [-0.25, -0.2) is 0 Å². The van der Waals surface area contributed by atoms with Crippen molar-refractivity contribution in [1.29, 1.82) is 0 Å². The molecule has 0 nitrogen and oxygen atoms in total. The largest absolute Gasteiger partial charge is 0.144 e. The van der Waals surface area contributed by atoms with Crippen molar-refractivity contribution in [3.8, 4) is 0 Å². The summed E-state index contributed by atoms with van der Waals surface area (Å²) < 4.78 is 1.38. The van der Waals surface area contributed by atoms with Crippen LogP contribution in [0.15, 0.2) is 29.6 Å². The third kappa shape index (κ3) is 5.92. The second-order valence-electron chi connectivity index (χ2n) is 2.46. The summed E-state index contributed by atoms with van der Waals surface area (Å²) in [5, 5.41) is 3.49. The van der Waals surface area contributed by atoms with E-state index >= 15 is 0 Å². The van der Waals surface area contributed by atoms with Gasteiger partial charge in [0.15, 0.2) is 0 Å². The second kappa shape index (κ2) is 12.3. The number of thiophene rings is 1. The van der Waals surface area contributed by atoms with Crippen LogP contribution >= 0.6 is 11.3 Å². The van der Waals surface area contributed by atoms with E-state index in [0.717, 1.165) is 0 Å². The van der Waals surface area contributed by atoms with Gasteiger partial charge in [-0.2, -0.15) is 0 Å². The lowest BCUT2D eigenvalue weighted by molar-refractivity contribution is 1.50. The molecular formula is C15H26S. The minimum absolute atomic E-state index is 1.34. The molecule has 0 saturated heterocycles. The van der Waals surface area contributed by atoms with E-state index in [1.807, 2.05) is 41.5 Å². The first-order chi connectivity index (χ1) is 7.86. The van der Waals surface area contributed by atoms with Crippen molar-refractivity contribution >= 4 is 21.4 Å². The van der Waals surface area contributed by atoms with Crippen LogP contribution in [0.25, 0.3) is 10.1 Å². The minimum Gasteiger partial charge on any atom is -0.144 e. The normalized spacial score (nSPS) is 7.69. The Morgan fingerprint density at radius 1 is 0.812 bits per heavy atom. The second-order valence-corrected chi connectivity index (χ2v) is 3.41. The van der Waals surface area contributed by atoms with Crippen molar-refractivity contribution in [3.63, 3.8) is 0 Å². The Labute approximate surface area is 105 Å². The molecule has 0 amide bonds. The standard InChI is InChI=1S/C9H8S.3C2H6/c1-7-2-3-9-8(6-7)4-5-10-9;3*1-2/h2-6H,1H3;3*1-2H3. The van der Waals surface area contributed by atoms with E-state index in [-0.39, 0.29) is 0 Å². The van der Waals surface area contributed by atoms with E-state index in [9.17, 15) is 0 Å². The third-order valence-electron chi connectivity index (χ3n) is 1.61. The minimum atomic E-state index is 1.34. The van der Waals surface area contributed by atoms with Crippen molar-refractivity contribution in [2.45, 2.75) is 48.5 Å². The van der Waals surface area contributed by atoms with Crippen molar-refractivity contribution in [2.75, 3.05) is 0 Å². The van der Waals surface area contributed by atoms with Gasteiger partial charge in [0.2, 0.25) is 0 Å². The molecule has 1 heterocycles. The molecule has 92 valence electrons. The number of rotatable bonds is 0. The molecule has 0 fully saturated rings. The Morgan fingerprint density at radius 3 is 1.94 bits per heavy atom. The molecule has 1 aromatic heterocycles. The Bertz CT molecular complexity index is 347. The average molecular weight is 238 g/mol. The Morgan fingerprint density at radius 2 is 1.38 bits per heavy atom. The summed E-state index contributed by atoms with van der Waals surface area (Å²) in [6, 6.07) is 8.70. The molecule has 1 heteroatoms. The zero-order valence-electron chi connectivity index (χ0n) is 11.8. The van der Waals surface area contributed by atoms with Gasteiger partial charge in [0.05, 0.1) is 0 Å².